The van der Waals surface area contributed by atoms with E-state index in [4.69, 9.17) is 0 Å². The number of carbonyl (C=O) groups is 1. The molecule has 0 spiro atoms. The van der Waals surface area contributed by atoms with Crippen molar-refractivity contribution in [1.82, 2.24) is 20.5 Å². The molecule has 1 amide bonds. The highest BCUT2D eigenvalue weighted by Crippen LogP contribution is 2.20. The molecular weight excluding hydrogens is 332 g/mol. The summed E-state index contributed by atoms with van der Waals surface area (Å²) < 4.78 is 0. The standard InChI is InChI=1S/C19H20N4OS/c1-13-7-6-10-16(11-13)18-21-19(23-22-18)25-12-17(24)20-14(2)15-8-4-3-5-9-15/h3-11,14H,12H2,1-2H3,(H,20,24)(H,21,22,23)/t14-/m0/s1. The van der Waals surface area contributed by atoms with E-state index < -0.39 is 0 Å². The predicted molar refractivity (Wildman–Crippen MR) is 100 cm³/mol. The van der Waals surface area contributed by atoms with Crippen molar-refractivity contribution in [3.63, 3.8) is 0 Å². The number of nitrogens with zero attached hydrogens (tertiary/aromatic N) is 2. The molecule has 1 heterocycles. The van der Waals surface area contributed by atoms with Gasteiger partial charge in [0.2, 0.25) is 11.1 Å². The summed E-state index contributed by atoms with van der Waals surface area (Å²) >= 11 is 1.32. The molecule has 0 aliphatic carbocycles. The molecule has 6 heteroatoms. The second-order valence-electron chi connectivity index (χ2n) is 5.82. The first kappa shape index (κ1) is 17.2. The van der Waals surface area contributed by atoms with Crippen LogP contribution in [0.1, 0.15) is 24.1 Å². The number of carbonyl (C=O) groups excluding carboxylic acids is 1. The van der Waals surface area contributed by atoms with E-state index >= 15 is 0 Å². The fourth-order valence-electron chi connectivity index (χ4n) is 2.47. The van der Waals surface area contributed by atoms with Crippen LogP contribution >= 0.6 is 11.8 Å². The van der Waals surface area contributed by atoms with Gasteiger partial charge < -0.3 is 5.32 Å². The van der Waals surface area contributed by atoms with Crippen molar-refractivity contribution in [2.24, 2.45) is 0 Å². The van der Waals surface area contributed by atoms with Gasteiger partial charge in [0.15, 0.2) is 5.82 Å². The van der Waals surface area contributed by atoms with Crippen LogP contribution in [0.2, 0.25) is 0 Å². The molecule has 0 aliphatic heterocycles. The topological polar surface area (TPSA) is 70.7 Å². The molecule has 5 nitrogen and oxygen atoms in total. The van der Waals surface area contributed by atoms with Crippen molar-refractivity contribution >= 4 is 17.7 Å². The second kappa shape index (κ2) is 7.98. The summed E-state index contributed by atoms with van der Waals surface area (Å²) in [4.78, 5) is 16.6. The Bertz CT molecular complexity index is 847. The van der Waals surface area contributed by atoms with Gasteiger partial charge in [0.1, 0.15) is 0 Å². The Balaban J connectivity index is 1.54. The summed E-state index contributed by atoms with van der Waals surface area (Å²) in [7, 11) is 0. The van der Waals surface area contributed by atoms with E-state index in [0.717, 1.165) is 16.7 Å². The molecule has 0 aliphatic rings. The minimum atomic E-state index is -0.0386. The van der Waals surface area contributed by atoms with Crippen molar-refractivity contribution in [2.75, 3.05) is 5.75 Å². The number of thioether (sulfide) groups is 1. The largest absolute Gasteiger partial charge is 0.349 e. The minimum absolute atomic E-state index is 0.0238. The first-order chi connectivity index (χ1) is 12.1. The van der Waals surface area contributed by atoms with E-state index in [1.54, 1.807) is 0 Å². The lowest BCUT2D eigenvalue weighted by atomic mass is 10.1. The van der Waals surface area contributed by atoms with Gasteiger partial charge in [0, 0.05) is 5.56 Å². The maximum Gasteiger partial charge on any atom is 0.230 e. The zero-order valence-corrected chi connectivity index (χ0v) is 15.0. The molecule has 3 aromatic rings. The van der Waals surface area contributed by atoms with Gasteiger partial charge in [-0.2, -0.15) is 0 Å². The van der Waals surface area contributed by atoms with Gasteiger partial charge >= 0.3 is 0 Å². The number of hydrogen-bond acceptors (Lipinski definition) is 4. The quantitative estimate of drug-likeness (QED) is 0.663. The van der Waals surface area contributed by atoms with Gasteiger partial charge in [-0.1, -0.05) is 65.9 Å². The van der Waals surface area contributed by atoms with Gasteiger partial charge in [0.05, 0.1) is 11.8 Å². The molecule has 1 aromatic heterocycles. The Morgan fingerprint density at radius 3 is 2.76 bits per heavy atom. The number of aryl methyl sites for hydroxylation is 1. The van der Waals surface area contributed by atoms with Crippen molar-refractivity contribution in [1.29, 1.82) is 0 Å². The van der Waals surface area contributed by atoms with Crippen LogP contribution in [0.5, 0.6) is 0 Å². The molecule has 0 bridgehead atoms. The van der Waals surface area contributed by atoms with Crippen molar-refractivity contribution in [2.45, 2.75) is 25.0 Å². The van der Waals surface area contributed by atoms with Crippen molar-refractivity contribution in [3.8, 4) is 11.4 Å². The summed E-state index contributed by atoms with van der Waals surface area (Å²) in [6.07, 6.45) is 0. The van der Waals surface area contributed by atoms with E-state index in [2.05, 4.69) is 20.5 Å². The van der Waals surface area contributed by atoms with E-state index in [0.29, 0.717) is 11.0 Å². The van der Waals surface area contributed by atoms with Gasteiger partial charge in [-0.3, -0.25) is 9.89 Å². The van der Waals surface area contributed by atoms with Crippen LogP contribution in [0.15, 0.2) is 59.8 Å². The minimum Gasteiger partial charge on any atom is -0.349 e. The smallest absolute Gasteiger partial charge is 0.230 e. The number of hydrogen-bond donors (Lipinski definition) is 2. The maximum atomic E-state index is 12.1. The third-order valence-electron chi connectivity index (χ3n) is 3.77. The number of benzene rings is 2. The predicted octanol–water partition coefficient (Wildman–Crippen LogP) is 3.75. The molecular formula is C19H20N4OS. The van der Waals surface area contributed by atoms with Crippen LogP contribution in [-0.4, -0.2) is 26.8 Å². The lowest BCUT2D eigenvalue weighted by Crippen LogP contribution is -2.28. The van der Waals surface area contributed by atoms with Crippen LogP contribution in [0.25, 0.3) is 11.4 Å². The highest BCUT2D eigenvalue weighted by molar-refractivity contribution is 7.99. The van der Waals surface area contributed by atoms with Gasteiger partial charge in [-0.15, -0.1) is 5.10 Å². The zero-order valence-electron chi connectivity index (χ0n) is 14.2. The lowest BCUT2D eigenvalue weighted by Gasteiger charge is -2.13. The lowest BCUT2D eigenvalue weighted by molar-refractivity contribution is -0.119. The molecule has 2 aromatic carbocycles. The first-order valence-electron chi connectivity index (χ1n) is 8.08. The molecule has 1 atom stereocenters. The Morgan fingerprint density at radius 1 is 1.20 bits per heavy atom. The van der Waals surface area contributed by atoms with E-state index in [9.17, 15) is 4.79 Å². The van der Waals surface area contributed by atoms with Crippen molar-refractivity contribution < 1.29 is 4.79 Å². The van der Waals surface area contributed by atoms with Crippen molar-refractivity contribution in [3.05, 3.63) is 65.7 Å². The SMILES string of the molecule is Cc1cccc(-c2nc(SCC(=O)N[C@@H](C)c3ccccc3)n[nH]2)c1. The molecule has 0 unspecified atom stereocenters. The molecule has 0 saturated heterocycles. The second-order valence-corrected chi connectivity index (χ2v) is 6.77. The Kier molecular flexibility index (Phi) is 5.50. The average molecular weight is 352 g/mol. The Morgan fingerprint density at radius 2 is 2.00 bits per heavy atom. The summed E-state index contributed by atoms with van der Waals surface area (Å²) in [5.41, 5.74) is 3.24. The van der Waals surface area contributed by atoms with E-state index in [1.165, 1.54) is 11.8 Å². The summed E-state index contributed by atoms with van der Waals surface area (Å²) in [5, 5.41) is 10.7. The summed E-state index contributed by atoms with van der Waals surface area (Å²) in [6.45, 7) is 4.01. The molecule has 0 radical (unpaired) electrons. The van der Waals surface area contributed by atoms with Crippen LogP contribution in [0, 0.1) is 6.92 Å². The zero-order chi connectivity index (χ0) is 17.6. The fraction of sp³-hybridized carbons (Fsp3) is 0.211. The number of aromatic nitrogens is 3. The van der Waals surface area contributed by atoms with E-state index in [1.807, 2.05) is 68.4 Å². The van der Waals surface area contributed by atoms with Crippen LogP contribution in [0.3, 0.4) is 0 Å². The maximum absolute atomic E-state index is 12.1. The summed E-state index contributed by atoms with van der Waals surface area (Å²) in [5.74, 6) is 0.954. The number of rotatable bonds is 6. The fourth-order valence-corrected chi connectivity index (χ4v) is 3.08. The summed E-state index contributed by atoms with van der Waals surface area (Å²) in [6, 6.07) is 17.9. The highest BCUT2D eigenvalue weighted by Gasteiger charge is 2.12. The van der Waals surface area contributed by atoms with Gasteiger partial charge in [-0.05, 0) is 25.5 Å². The average Bonchev–Trinajstić information content (AvgIpc) is 3.10. The van der Waals surface area contributed by atoms with Crippen LogP contribution in [-0.2, 0) is 4.79 Å². The third kappa shape index (κ3) is 4.70. The molecule has 25 heavy (non-hydrogen) atoms. The molecule has 3 rings (SSSR count). The Labute approximate surface area is 151 Å². The number of aromatic amines is 1. The molecule has 2 N–H and O–H groups in total. The number of nitrogens with one attached hydrogen (secondary N) is 2. The molecule has 0 saturated carbocycles. The van der Waals surface area contributed by atoms with Gasteiger partial charge in [-0.25, -0.2) is 4.98 Å². The molecule has 128 valence electrons. The van der Waals surface area contributed by atoms with Gasteiger partial charge in [0.25, 0.3) is 0 Å². The Hall–Kier alpha value is -2.60. The molecule has 0 fully saturated rings. The van der Waals surface area contributed by atoms with Crippen LogP contribution < -0.4 is 5.32 Å². The normalized spacial score (nSPS) is 11.9. The van der Waals surface area contributed by atoms with E-state index in [-0.39, 0.29) is 17.7 Å². The number of amides is 1. The highest BCUT2D eigenvalue weighted by atomic mass is 32.2. The van der Waals surface area contributed by atoms with Crippen LogP contribution in [0.4, 0.5) is 0 Å². The number of H-pyrrole nitrogens is 1. The third-order valence-corrected chi connectivity index (χ3v) is 4.61. The first-order valence-corrected chi connectivity index (χ1v) is 9.07. The monoisotopic (exact) mass is 352 g/mol.